The molecule has 1 aromatic rings. The van der Waals surface area contributed by atoms with Crippen molar-refractivity contribution in [3.63, 3.8) is 0 Å². The first-order valence-corrected chi connectivity index (χ1v) is 7.34. The van der Waals surface area contributed by atoms with Gasteiger partial charge in [-0.15, -0.1) is 0 Å². The molecule has 0 aliphatic carbocycles. The number of benzene rings is 1. The van der Waals surface area contributed by atoms with Crippen molar-refractivity contribution in [2.24, 2.45) is 5.41 Å². The minimum absolute atomic E-state index is 0.0283. The first-order valence-electron chi connectivity index (χ1n) is 7.34. The number of likely N-dealkylation sites (tertiary alicyclic amines) is 1. The van der Waals surface area contributed by atoms with Crippen LogP contribution in [-0.2, 0) is 9.59 Å². The van der Waals surface area contributed by atoms with Crippen molar-refractivity contribution in [3.8, 4) is 11.5 Å². The average molecular weight is 305 g/mol. The molecule has 22 heavy (non-hydrogen) atoms. The number of carbonyl (C=O) groups is 2. The number of fused-ring (bicyclic) bond motifs is 3. The molecule has 2 atom stereocenters. The first kappa shape index (κ1) is 14.7. The molecule has 2 aliphatic rings. The van der Waals surface area contributed by atoms with E-state index in [2.05, 4.69) is 0 Å². The predicted molar refractivity (Wildman–Crippen MR) is 78.2 cm³/mol. The zero-order valence-corrected chi connectivity index (χ0v) is 12.7. The molecule has 0 bridgehead atoms. The van der Waals surface area contributed by atoms with Gasteiger partial charge in [-0.3, -0.25) is 9.59 Å². The van der Waals surface area contributed by atoms with Crippen LogP contribution in [0.25, 0.3) is 0 Å². The van der Waals surface area contributed by atoms with Gasteiger partial charge in [-0.2, -0.15) is 0 Å². The number of methoxy groups -OCH3 is 1. The normalized spacial score (nSPS) is 25.9. The van der Waals surface area contributed by atoms with Gasteiger partial charge in [0.05, 0.1) is 7.11 Å². The van der Waals surface area contributed by atoms with Gasteiger partial charge in [0, 0.05) is 31.0 Å². The van der Waals surface area contributed by atoms with Gasteiger partial charge in [0.25, 0.3) is 0 Å². The number of carboxylic acids is 1. The summed E-state index contributed by atoms with van der Waals surface area (Å²) >= 11 is 0. The van der Waals surface area contributed by atoms with Crippen LogP contribution in [0.4, 0.5) is 0 Å². The second kappa shape index (κ2) is 5.19. The van der Waals surface area contributed by atoms with Gasteiger partial charge < -0.3 is 19.5 Å². The van der Waals surface area contributed by atoms with E-state index in [1.165, 1.54) is 0 Å². The largest absolute Gasteiger partial charge is 0.493 e. The number of carbonyl (C=O) groups excluding carboxylic acids is 1. The molecule has 2 heterocycles. The molecule has 1 fully saturated rings. The van der Waals surface area contributed by atoms with E-state index in [-0.39, 0.29) is 25.0 Å². The lowest BCUT2D eigenvalue weighted by Gasteiger charge is -2.36. The van der Waals surface area contributed by atoms with Crippen LogP contribution in [0.5, 0.6) is 11.5 Å². The van der Waals surface area contributed by atoms with E-state index in [1.54, 1.807) is 25.0 Å². The van der Waals surface area contributed by atoms with Gasteiger partial charge in [-0.05, 0) is 6.07 Å². The average Bonchev–Trinajstić information content (AvgIpc) is 2.95. The summed E-state index contributed by atoms with van der Waals surface area (Å²) in [6, 6.07) is 5.47. The molecule has 1 amide bonds. The summed E-state index contributed by atoms with van der Waals surface area (Å²) in [5.74, 6) is -0.0365. The smallest absolute Gasteiger partial charge is 0.315 e. The summed E-state index contributed by atoms with van der Waals surface area (Å²) in [7, 11) is 1.56. The topological polar surface area (TPSA) is 76.1 Å². The van der Waals surface area contributed by atoms with Gasteiger partial charge in [0.2, 0.25) is 5.91 Å². The fourth-order valence-electron chi connectivity index (χ4n) is 3.47. The van der Waals surface area contributed by atoms with Crippen LogP contribution in [0.3, 0.4) is 0 Å². The highest BCUT2D eigenvalue weighted by atomic mass is 16.5. The molecule has 3 rings (SSSR count). The lowest BCUT2D eigenvalue weighted by atomic mass is 9.73. The Labute approximate surface area is 128 Å². The summed E-state index contributed by atoms with van der Waals surface area (Å²) in [5.41, 5.74) is -0.274. The fourth-order valence-corrected chi connectivity index (χ4v) is 3.47. The van der Waals surface area contributed by atoms with E-state index in [1.807, 2.05) is 12.1 Å². The zero-order valence-electron chi connectivity index (χ0n) is 12.7. The Morgan fingerprint density at radius 1 is 1.50 bits per heavy atom. The van der Waals surface area contributed by atoms with Crippen molar-refractivity contribution in [2.75, 3.05) is 26.8 Å². The van der Waals surface area contributed by atoms with Gasteiger partial charge in [0.15, 0.2) is 11.5 Å². The summed E-state index contributed by atoms with van der Waals surface area (Å²) in [6.45, 7) is 2.43. The number of amides is 1. The Balaban J connectivity index is 2.07. The highest BCUT2D eigenvalue weighted by molar-refractivity contribution is 5.83. The Bertz CT molecular complexity index is 629. The standard InChI is InChI=1S/C16H19NO5/c1-3-13(18)17-7-11-10-5-4-6-12(21-2)14(10)22-9-16(11,8-17)15(19)20/h4-6,11H,3,7-9H2,1-2H3,(H,19,20)/t11-,16-/m1/s1. The maximum Gasteiger partial charge on any atom is 0.315 e. The van der Waals surface area contributed by atoms with Crippen molar-refractivity contribution < 1.29 is 24.2 Å². The first-order chi connectivity index (χ1) is 10.5. The second-order valence-corrected chi connectivity index (χ2v) is 5.81. The Morgan fingerprint density at radius 2 is 2.27 bits per heavy atom. The van der Waals surface area contributed by atoms with Crippen LogP contribution in [0, 0.1) is 5.41 Å². The van der Waals surface area contributed by atoms with Gasteiger partial charge in [-0.25, -0.2) is 0 Å². The quantitative estimate of drug-likeness (QED) is 0.915. The minimum atomic E-state index is -1.08. The Hall–Kier alpha value is -2.24. The van der Waals surface area contributed by atoms with Crippen molar-refractivity contribution in [3.05, 3.63) is 23.8 Å². The lowest BCUT2D eigenvalue weighted by Crippen LogP contribution is -2.46. The third-order valence-corrected chi connectivity index (χ3v) is 4.70. The maximum atomic E-state index is 12.0. The molecule has 0 spiro atoms. The number of para-hydroxylation sites is 1. The molecule has 1 aromatic carbocycles. The molecule has 1 saturated heterocycles. The van der Waals surface area contributed by atoms with E-state index in [4.69, 9.17) is 9.47 Å². The Morgan fingerprint density at radius 3 is 2.91 bits per heavy atom. The predicted octanol–water partition coefficient (Wildman–Crippen LogP) is 1.49. The number of carboxylic acid groups (broad SMARTS) is 1. The molecule has 0 unspecified atom stereocenters. The molecular weight excluding hydrogens is 286 g/mol. The molecule has 118 valence electrons. The molecule has 1 N–H and O–H groups in total. The van der Waals surface area contributed by atoms with Gasteiger partial charge in [-0.1, -0.05) is 19.1 Å². The van der Waals surface area contributed by atoms with Crippen LogP contribution in [-0.4, -0.2) is 48.7 Å². The van der Waals surface area contributed by atoms with Crippen molar-refractivity contribution in [1.29, 1.82) is 0 Å². The van der Waals surface area contributed by atoms with E-state index < -0.39 is 11.4 Å². The number of nitrogens with zero attached hydrogens (tertiary/aromatic N) is 1. The monoisotopic (exact) mass is 305 g/mol. The number of hydrogen-bond acceptors (Lipinski definition) is 4. The summed E-state index contributed by atoms with van der Waals surface area (Å²) in [6.07, 6.45) is 0.369. The zero-order chi connectivity index (χ0) is 15.9. The van der Waals surface area contributed by atoms with E-state index in [9.17, 15) is 14.7 Å². The summed E-state index contributed by atoms with van der Waals surface area (Å²) in [5, 5.41) is 9.77. The molecule has 6 nitrogen and oxygen atoms in total. The van der Waals surface area contributed by atoms with Crippen LogP contribution in [0.2, 0.25) is 0 Å². The molecule has 6 heteroatoms. The summed E-state index contributed by atoms with van der Waals surface area (Å²) in [4.78, 5) is 25.6. The summed E-state index contributed by atoms with van der Waals surface area (Å²) < 4.78 is 11.0. The number of rotatable bonds is 3. The third kappa shape index (κ3) is 1.94. The highest BCUT2D eigenvalue weighted by Crippen LogP contribution is 2.52. The molecule has 0 saturated carbocycles. The molecule has 2 aliphatic heterocycles. The molecular formula is C16H19NO5. The Kier molecular flexibility index (Phi) is 3.47. The second-order valence-electron chi connectivity index (χ2n) is 5.81. The van der Waals surface area contributed by atoms with Gasteiger partial charge in [0.1, 0.15) is 12.0 Å². The number of aliphatic carboxylic acids is 1. The fraction of sp³-hybridized carbons (Fsp3) is 0.500. The van der Waals surface area contributed by atoms with Crippen molar-refractivity contribution in [1.82, 2.24) is 4.90 Å². The molecule has 0 radical (unpaired) electrons. The van der Waals surface area contributed by atoms with Crippen molar-refractivity contribution in [2.45, 2.75) is 19.3 Å². The van der Waals surface area contributed by atoms with Crippen LogP contribution >= 0.6 is 0 Å². The molecule has 0 aromatic heterocycles. The van der Waals surface area contributed by atoms with E-state index >= 15 is 0 Å². The number of hydrogen-bond donors (Lipinski definition) is 1. The van der Waals surface area contributed by atoms with Crippen molar-refractivity contribution >= 4 is 11.9 Å². The van der Waals surface area contributed by atoms with E-state index in [0.29, 0.717) is 24.5 Å². The SMILES string of the molecule is CCC(=O)N1C[C@@H]2c3cccc(OC)c3OC[C@]2(C(=O)O)C1. The highest BCUT2D eigenvalue weighted by Gasteiger charge is 2.57. The number of ether oxygens (including phenoxy) is 2. The van der Waals surface area contributed by atoms with Crippen LogP contribution in [0.15, 0.2) is 18.2 Å². The van der Waals surface area contributed by atoms with E-state index in [0.717, 1.165) is 5.56 Å². The third-order valence-electron chi connectivity index (χ3n) is 4.70. The minimum Gasteiger partial charge on any atom is -0.493 e. The van der Waals surface area contributed by atoms with Crippen LogP contribution in [0.1, 0.15) is 24.8 Å². The van der Waals surface area contributed by atoms with Crippen LogP contribution < -0.4 is 9.47 Å². The maximum absolute atomic E-state index is 12.0. The lowest BCUT2D eigenvalue weighted by molar-refractivity contribution is -0.152. The van der Waals surface area contributed by atoms with Gasteiger partial charge >= 0.3 is 5.97 Å².